The molecule has 0 spiro atoms. The molecule has 0 fully saturated rings. The van der Waals surface area contributed by atoms with Crippen LogP contribution in [0.1, 0.15) is 50.7 Å². The molecule has 1 aromatic rings. The molecular formula is C16H24N2O. The Labute approximate surface area is 115 Å². The first-order chi connectivity index (χ1) is 9.15. The minimum Gasteiger partial charge on any atom is -0.399 e. The van der Waals surface area contributed by atoms with E-state index in [-0.39, 0.29) is 5.92 Å². The van der Waals surface area contributed by atoms with E-state index in [4.69, 9.17) is 5.73 Å². The molecule has 1 heterocycles. The van der Waals surface area contributed by atoms with Crippen LogP contribution in [0.25, 0.3) is 0 Å². The van der Waals surface area contributed by atoms with Crippen LogP contribution in [0.15, 0.2) is 18.2 Å². The fourth-order valence-corrected chi connectivity index (χ4v) is 2.78. The molecule has 19 heavy (non-hydrogen) atoms. The zero-order chi connectivity index (χ0) is 13.8. The molecule has 0 saturated heterocycles. The monoisotopic (exact) mass is 260 g/mol. The van der Waals surface area contributed by atoms with Gasteiger partial charge in [0.25, 0.3) is 0 Å². The molecule has 0 radical (unpaired) electrons. The highest BCUT2D eigenvalue weighted by molar-refractivity contribution is 5.79. The Balaban J connectivity index is 2.03. The second-order valence-electron chi connectivity index (χ2n) is 5.47. The number of hydrogen-bond donors (Lipinski definition) is 1. The number of carbonyl (C=O) groups excluding carboxylic acids is 1. The average Bonchev–Trinajstić information content (AvgIpc) is 2.82. The fourth-order valence-electron chi connectivity index (χ4n) is 2.78. The Morgan fingerprint density at radius 3 is 2.74 bits per heavy atom. The number of carbonyl (C=O) groups is 1. The summed E-state index contributed by atoms with van der Waals surface area (Å²) in [5.74, 6) is 0.498. The number of nitrogens with two attached hydrogens (primary N) is 1. The van der Waals surface area contributed by atoms with Gasteiger partial charge in [0.15, 0.2) is 0 Å². The van der Waals surface area contributed by atoms with Crippen LogP contribution in [0.3, 0.4) is 0 Å². The lowest BCUT2D eigenvalue weighted by molar-refractivity contribution is -0.136. The molecule has 3 nitrogen and oxygen atoms in total. The fraction of sp³-hybridized carbons (Fsp3) is 0.562. The van der Waals surface area contributed by atoms with E-state index in [1.165, 1.54) is 11.1 Å². The second kappa shape index (κ2) is 6.09. The van der Waals surface area contributed by atoms with E-state index in [2.05, 4.69) is 13.8 Å². The molecule has 0 bridgehead atoms. The normalized spacial score (nSPS) is 15.4. The summed E-state index contributed by atoms with van der Waals surface area (Å²) in [6.07, 6.45) is 4.24. The minimum atomic E-state index is 0.187. The molecule has 1 aromatic carbocycles. The van der Waals surface area contributed by atoms with Gasteiger partial charge < -0.3 is 10.6 Å². The van der Waals surface area contributed by atoms with Crippen LogP contribution in [0, 0.1) is 5.92 Å². The Morgan fingerprint density at radius 1 is 1.32 bits per heavy atom. The number of rotatable bonds is 5. The number of hydrogen-bond acceptors (Lipinski definition) is 2. The molecule has 2 N–H and O–H groups in total. The SMILES string of the molecule is CCCCC(CC)C(=O)N1Cc2ccc(N)cc2C1. The topological polar surface area (TPSA) is 46.3 Å². The Bertz CT molecular complexity index is 456. The number of amides is 1. The van der Waals surface area contributed by atoms with Crippen LogP contribution in [-0.4, -0.2) is 10.8 Å². The van der Waals surface area contributed by atoms with E-state index in [0.717, 1.165) is 44.5 Å². The van der Waals surface area contributed by atoms with Gasteiger partial charge in [-0.1, -0.05) is 32.8 Å². The zero-order valence-electron chi connectivity index (χ0n) is 12.0. The van der Waals surface area contributed by atoms with Gasteiger partial charge in [-0.05, 0) is 36.1 Å². The van der Waals surface area contributed by atoms with Gasteiger partial charge in [0, 0.05) is 24.7 Å². The van der Waals surface area contributed by atoms with Crippen LogP contribution < -0.4 is 5.73 Å². The molecule has 2 rings (SSSR count). The van der Waals surface area contributed by atoms with Gasteiger partial charge in [-0.15, -0.1) is 0 Å². The molecule has 1 amide bonds. The minimum absolute atomic E-state index is 0.187. The van der Waals surface area contributed by atoms with Gasteiger partial charge in [-0.25, -0.2) is 0 Å². The number of anilines is 1. The van der Waals surface area contributed by atoms with Crippen molar-refractivity contribution in [1.29, 1.82) is 0 Å². The Hall–Kier alpha value is -1.51. The van der Waals surface area contributed by atoms with Gasteiger partial charge in [-0.3, -0.25) is 4.79 Å². The first-order valence-electron chi connectivity index (χ1n) is 7.31. The Morgan fingerprint density at radius 2 is 2.05 bits per heavy atom. The predicted octanol–water partition coefficient (Wildman–Crippen LogP) is 3.33. The van der Waals surface area contributed by atoms with Crippen molar-refractivity contribution in [2.45, 2.75) is 52.6 Å². The largest absolute Gasteiger partial charge is 0.399 e. The number of benzene rings is 1. The van der Waals surface area contributed by atoms with E-state index in [1.807, 2.05) is 23.1 Å². The van der Waals surface area contributed by atoms with Crippen molar-refractivity contribution < 1.29 is 4.79 Å². The number of unbranched alkanes of at least 4 members (excludes halogenated alkanes) is 1. The third-order valence-electron chi connectivity index (χ3n) is 4.01. The van der Waals surface area contributed by atoms with Crippen LogP contribution in [0.2, 0.25) is 0 Å². The summed E-state index contributed by atoms with van der Waals surface area (Å²) in [6, 6.07) is 5.96. The highest BCUT2D eigenvalue weighted by atomic mass is 16.2. The van der Waals surface area contributed by atoms with Gasteiger partial charge >= 0.3 is 0 Å². The second-order valence-corrected chi connectivity index (χ2v) is 5.47. The molecular weight excluding hydrogens is 236 g/mol. The van der Waals surface area contributed by atoms with Crippen LogP contribution >= 0.6 is 0 Å². The highest BCUT2D eigenvalue weighted by Gasteiger charge is 2.27. The van der Waals surface area contributed by atoms with Gasteiger partial charge in [0.2, 0.25) is 5.91 Å². The third kappa shape index (κ3) is 3.09. The van der Waals surface area contributed by atoms with E-state index < -0.39 is 0 Å². The van der Waals surface area contributed by atoms with Crippen LogP contribution in [0.5, 0.6) is 0 Å². The highest BCUT2D eigenvalue weighted by Crippen LogP contribution is 2.27. The lowest BCUT2D eigenvalue weighted by Crippen LogP contribution is -2.31. The van der Waals surface area contributed by atoms with Gasteiger partial charge in [0.1, 0.15) is 0 Å². The molecule has 104 valence electrons. The van der Waals surface area contributed by atoms with Gasteiger partial charge in [0.05, 0.1) is 0 Å². The number of nitrogens with zero attached hydrogens (tertiary/aromatic N) is 1. The molecule has 0 aromatic heterocycles. The summed E-state index contributed by atoms with van der Waals surface area (Å²) in [6.45, 7) is 5.75. The summed E-state index contributed by atoms with van der Waals surface area (Å²) in [7, 11) is 0. The van der Waals surface area contributed by atoms with Crippen molar-refractivity contribution in [3.05, 3.63) is 29.3 Å². The summed E-state index contributed by atoms with van der Waals surface area (Å²) in [5, 5.41) is 0. The maximum Gasteiger partial charge on any atom is 0.226 e. The lowest BCUT2D eigenvalue weighted by atomic mass is 9.98. The first-order valence-corrected chi connectivity index (χ1v) is 7.31. The summed E-state index contributed by atoms with van der Waals surface area (Å²) < 4.78 is 0. The van der Waals surface area contributed by atoms with E-state index in [9.17, 15) is 4.79 Å². The summed E-state index contributed by atoms with van der Waals surface area (Å²) in [5.41, 5.74) is 9.03. The van der Waals surface area contributed by atoms with Crippen LogP contribution in [0.4, 0.5) is 5.69 Å². The Kier molecular flexibility index (Phi) is 4.46. The average molecular weight is 260 g/mol. The maximum atomic E-state index is 12.5. The number of nitrogen functional groups attached to an aromatic ring is 1. The van der Waals surface area contributed by atoms with Crippen LogP contribution in [-0.2, 0) is 17.9 Å². The summed E-state index contributed by atoms with van der Waals surface area (Å²) in [4.78, 5) is 14.5. The molecule has 1 aliphatic rings. The van der Waals surface area contributed by atoms with E-state index >= 15 is 0 Å². The quantitative estimate of drug-likeness (QED) is 0.825. The molecule has 1 atom stereocenters. The first kappa shape index (κ1) is 13.9. The van der Waals surface area contributed by atoms with Crippen molar-refractivity contribution in [3.63, 3.8) is 0 Å². The predicted molar refractivity (Wildman–Crippen MR) is 78.4 cm³/mol. The lowest BCUT2D eigenvalue weighted by Gasteiger charge is -2.22. The molecule has 3 heteroatoms. The van der Waals surface area contributed by atoms with E-state index in [1.54, 1.807) is 0 Å². The van der Waals surface area contributed by atoms with Gasteiger partial charge in [-0.2, -0.15) is 0 Å². The van der Waals surface area contributed by atoms with E-state index in [0.29, 0.717) is 5.91 Å². The summed E-state index contributed by atoms with van der Waals surface area (Å²) >= 11 is 0. The third-order valence-corrected chi connectivity index (χ3v) is 4.01. The van der Waals surface area contributed by atoms with Crippen molar-refractivity contribution >= 4 is 11.6 Å². The molecule has 1 unspecified atom stereocenters. The number of fused-ring (bicyclic) bond motifs is 1. The van der Waals surface area contributed by atoms with Crippen molar-refractivity contribution in [3.8, 4) is 0 Å². The van der Waals surface area contributed by atoms with Crippen molar-refractivity contribution in [2.75, 3.05) is 5.73 Å². The molecule has 0 aliphatic carbocycles. The smallest absolute Gasteiger partial charge is 0.226 e. The maximum absolute atomic E-state index is 12.5. The zero-order valence-corrected chi connectivity index (χ0v) is 12.0. The molecule has 0 saturated carbocycles. The molecule has 1 aliphatic heterocycles. The standard InChI is InChI=1S/C16H24N2O/c1-3-5-6-12(4-2)16(19)18-10-13-7-8-15(17)9-14(13)11-18/h7-9,12H,3-6,10-11,17H2,1-2H3. The van der Waals surface area contributed by atoms with Crippen molar-refractivity contribution in [2.24, 2.45) is 5.92 Å². The van der Waals surface area contributed by atoms with Crippen molar-refractivity contribution in [1.82, 2.24) is 4.90 Å².